The van der Waals surface area contributed by atoms with Crippen LogP contribution in [0.15, 0.2) is 29.0 Å². The van der Waals surface area contributed by atoms with E-state index in [9.17, 15) is 0 Å². The number of benzene rings is 1. The van der Waals surface area contributed by atoms with Crippen LogP contribution in [0.5, 0.6) is 0 Å². The van der Waals surface area contributed by atoms with Gasteiger partial charge in [0.05, 0.1) is 0 Å². The normalized spacial score (nSPS) is 16.3. The highest BCUT2D eigenvalue weighted by Crippen LogP contribution is 2.34. The standard InChI is InChI=1S/C18H25N3S/c1-21(15-5-3-2-4-6-15)10-13-11-22-12-17(13)16-9-14(19)7-8-18(16)20/h7-9,11-12,15H,2-6,10,19-20H2,1H3. The molecule has 1 saturated carbocycles. The minimum atomic E-state index is 0.722. The van der Waals surface area contributed by atoms with Crippen LogP contribution in [0.1, 0.15) is 37.7 Å². The fraction of sp³-hybridized carbons (Fsp3) is 0.444. The molecule has 0 spiro atoms. The van der Waals surface area contributed by atoms with Crippen LogP contribution in [0.25, 0.3) is 11.1 Å². The highest BCUT2D eigenvalue weighted by molar-refractivity contribution is 7.08. The number of hydrogen-bond donors (Lipinski definition) is 2. The molecule has 3 rings (SSSR count). The van der Waals surface area contributed by atoms with Gasteiger partial charge in [0, 0.05) is 29.5 Å². The molecule has 1 aromatic carbocycles. The first-order valence-corrected chi connectivity index (χ1v) is 9.00. The van der Waals surface area contributed by atoms with Gasteiger partial charge in [-0.25, -0.2) is 0 Å². The van der Waals surface area contributed by atoms with E-state index in [2.05, 4.69) is 22.7 Å². The number of rotatable bonds is 4. The van der Waals surface area contributed by atoms with Crippen LogP contribution in [0.3, 0.4) is 0 Å². The van der Waals surface area contributed by atoms with Crippen LogP contribution in [0.2, 0.25) is 0 Å². The number of nitrogens with two attached hydrogens (primary N) is 2. The van der Waals surface area contributed by atoms with Crippen molar-refractivity contribution in [1.29, 1.82) is 0 Å². The molecule has 3 nitrogen and oxygen atoms in total. The maximum Gasteiger partial charge on any atom is 0.0395 e. The molecule has 4 heteroatoms. The second kappa shape index (κ2) is 6.71. The third-order valence-electron chi connectivity index (χ3n) is 4.73. The predicted molar refractivity (Wildman–Crippen MR) is 96.9 cm³/mol. The largest absolute Gasteiger partial charge is 0.399 e. The molecule has 0 atom stereocenters. The van der Waals surface area contributed by atoms with E-state index in [1.54, 1.807) is 11.3 Å². The highest BCUT2D eigenvalue weighted by atomic mass is 32.1. The molecule has 0 saturated heterocycles. The lowest BCUT2D eigenvalue weighted by Crippen LogP contribution is -2.32. The molecule has 1 fully saturated rings. The molecule has 22 heavy (non-hydrogen) atoms. The molecule has 118 valence electrons. The summed E-state index contributed by atoms with van der Waals surface area (Å²) in [7, 11) is 2.25. The van der Waals surface area contributed by atoms with E-state index in [1.165, 1.54) is 43.2 Å². The SMILES string of the molecule is CN(Cc1cscc1-c1cc(N)ccc1N)C1CCCCC1. The van der Waals surface area contributed by atoms with Crippen LogP contribution in [-0.4, -0.2) is 18.0 Å². The van der Waals surface area contributed by atoms with Crippen molar-refractivity contribution in [3.63, 3.8) is 0 Å². The summed E-state index contributed by atoms with van der Waals surface area (Å²) in [6.07, 6.45) is 6.79. The average molecular weight is 315 g/mol. The van der Waals surface area contributed by atoms with Gasteiger partial charge in [-0.1, -0.05) is 19.3 Å². The Morgan fingerprint density at radius 2 is 1.86 bits per heavy atom. The fourth-order valence-corrected chi connectivity index (χ4v) is 4.26. The van der Waals surface area contributed by atoms with E-state index in [0.29, 0.717) is 0 Å². The quantitative estimate of drug-likeness (QED) is 0.825. The van der Waals surface area contributed by atoms with Crippen LogP contribution < -0.4 is 11.5 Å². The van der Waals surface area contributed by atoms with Gasteiger partial charge in [0.2, 0.25) is 0 Å². The van der Waals surface area contributed by atoms with Crippen molar-refractivity contribution in [2.75, 3.05) is 18.5 Å². The van der Waals surface area contributed by atoms with Crippen molar-refractivity contribution < 1.29 is 0 Å². The molecule has 0 bridgehead atoms. The summed E-state index contributed by atoms with van der Waals surface area (Å²) in [5.74, 6) is 0. The molecule has 0 unspecified atom stereocenters. The summed E-state index contributed by atoms with van der Waals surface area (Å²) in [6, 6.07) is 6.47. The number of thiophene rings is 1. The van der Waals surface area contributed by atoms with E-state index in [1.807, 2.05) is 18.2 Å². The van der Waals surface area contributed by atoms with Crippen molar-refractivity contribution in [3.8, 4) is 11.1 Å². The molecular formula is C18H25N3S. The Morgan fingerprint density at radius 3 is 2.64 bits per heavy atom. The lowest BCUT2D eigenvalue weighted by molar-refractivity contribution is 0.185. The van der Waals surface area contributed by atoms with Gasteiger partial charge in [-0.3, -0.25) is 4.90 Å². The zero-order chi connectivity index (χ0) is 15.5. The van der Waals surface area contributed by atoms with Gasteiger partial charge in [0.25, 0.3) is 0 Å². The topological polar surface area (TPSA) is 55.3 Å². The monoisotopic (exact) mass is 315 g/mol. The van der Waals surface area contributed by atoms with Gasteiger partial charge in [0.1, 0.15) is 0 Å². The van der Waals surface area contributed by atoms with Crippen molar-refractivity contribution >= 4 is 22.7 Å². The van der Waals surface area contributed by atoms with Crippen LogP contribution in [0.4, 0.5) is 11.4 Å². The maximum atomic E-state index is 6.16. The van der Waals surface area contributed by atoms with Gasteiger partial charge in [0.15, 0.2) is 0 Å². The van der Waals surface area contributed by atoms with Gasteiger partial charge in [-0.2, -0.15) is 11.3 Å². The van der Waals surface area contributed by atoms with E-state index >= 15 is 0 Å². The smallest absolute Gasteiger partial charge is 0.0395 e. The zero-order valence-corrected chi connectivity index (χ0v) is 14.0. The lowest BCUT2D eigenvalue weighted by atomic mass is 9.94. The average Bonchev–Trinajstić information content (AvgIpc) is 2.98. The Hall–Kier alpha value is -1.52. The summed E-state index contributed by atoms with van der Waals surface area (Å²) in [5.41, 5.74) is 17.3. The number of anilines is 2. The fourth-order valence-electron chi connectivity index (χ4n) is 3.41. The Labute approximate surface area is 136 Å². The summed E-state index contributed by atoms with van der Waals surface area (Å²) >= 11 is 1.74. The van der Waals surface area contributed by atoms with Gasteiger partial charge < -0.3 is 11.5 Å². The molecule has 4 N–H and O–H groups in total. The molecule has 1 aromatic heterocycles. The Kier molecular flexibility index (Phi) is 4.69. The number of nitrogen functional groups attached to an aromatic ring is 2. The Balaban J connectivity index is 1.81. The van der Waals surface area contributed by atoms with E-state index in [4.69, 9.17) is 11.5 Å². The van der Waals surface area contributed by atoms with Gasteiger partial charge >= 0.3 is 0 Å². The first kappa shape index (κ1) is 15.4. The molecule has 0 amide bonds. The molecule has 0 radical (unpaired) electrons. The highest BCUT2D eigenvalue weighted by Gasteiger charge is 2.19. The third-order valence-corrected chi connectivity index (χ3v) is 5.52. The Bertz CT molecular complexity index is 629. The second-order valence-corrected chi connectivity index (χ2v) is 7.11. The zero-order valence-electron chi connectivity index (χ0n) is 13.2. The van der Waals surface area contributed by atoms with Crippen LogP contribution in [-0.2, 0) is 6.54 Å². The second-order valence-electron chi connectivity index (χ2n) is 6.36. The molecule has 0 aliphatic heterocycles. The number of hydrogen-bond acceptors (Lipinski definition) is 4. The lowest BCUT2D eigenvalue weighted by Gasteiger charge is -2.31. The van der Waals surface area contributed by atoms with Crippen molar-refractivity contribution in [2.24, 2.45) is 0 Å². The molecule has 1 aliphatic rings. The molecule has 1 heterocycles. The summed E-state index contributed by atoms with van der Waals surface area (Å²) in [5, 5.41) is 4.44. The minimum absolute atomic E-state index is 0.722. The molecule has 2 aromatic rings. The summed E-state index contributed by atoms with van der Waals surface area (Å²) in [4.78, 5) is 2.51. The van der Waals surface area contributed by atoms with E-state index in [-0.39, 0.29) is 0 Å². The van der Waals surface area contributed by atoms with Crippen molar-refractivity contribution in [3.05, 3.63) is 34.5 Å². The van der Waals surface area contributed by atoms with Gasteiger partial charge in [-0.15, -0.1) is 0 Å². The first-order valence-electron chi connectivity index (χ1n) is 8.06. The molecule has 1 aliphatic carbocycles. The maximum absolute atomic E-state index is 6.16. The minimum Gasteiger partial charge on any atom is -0.399 e. The van der Waals surface area contributed by atoms with Crippen LogP contribution in [0, 0.1) is 0 Å². The first-order chi connectivity index (χ1) is 10.6. The summed E-state index contributed by atoms with van der Waals surface area (Å²) < 4.78 is 0. The number of nitrogens with zero attached hydrogens (tertiary/aromatic N) is 1. The third kappa shape index (κ3) is 3.28. The van der Waals surface area contributed by atoms with E-state index < -0.39 is 0 Å². The van der Waals surface area contributed by atoms with Gasteiger partial charge in [-0.05, 0) is 60.0 Å². The van der Waals surface area contributed by atoms with Crippen LogP contribution >= 0.6 is 11.3 Å². The Morgan fingerprint density at radius 1 is 1.09 bits per heavy atom. The van der Waals surface area contributed by atoms with E-state index in [0.717, 1.165) is 29.5 Å². The van der Waals surface area contributed by atoms with Crippen molar-refractivity contribution in [2.45, 2.75) is 44.7 Å². The predicted octanol–water partition coefficient (Wildman–Crippen LogP) is 4.34. The van der Waals surface area contributed by atoms with Crippen molar-refractivity contribution in [1.82, 2.24) is 4.90 Å². The molecular weight excluding hydrogens is 290 g/mol. The summed E-state index contributed by atoms with van der Waals surface area (Å²) in [6.45, 7) is 0.984.